The summed E-state index contributed by atoms with van der Waals surface area (Å²) in [6.07, 6.45) is 1.52. The third-order valence-corrected chi connectivity index (χ3v) is 5.16. The van der Waals surface area contributed by atoms with Crippen LogP contribution in [0.3, 0.4) is 0 Å². The summed E-state index contributed by atoms with van der Waals surface area (Å²) < 4.78 is 17.2. The third kappa shape index (κ3) is 3.72. The van der Waals surface area contributed by atoms with E-state index in [-0.39, 0.29) is 6.09 Å². The molecule has 0 saturated carbocycles. The van der Waals surface area contributed by atoms with Gasteiger partial charge in [0.1, 0.15) is 11.3 Å². The lowest BCUT2D eigenvalue weighted by molar-refractivity contribution is 0.0204. The molecule has 2 aromatic rings. The second-order valence-electron chi connectivity index (χ2n) is 7.15. The molecule has 0 unspecified atom stereocenters. The van der Waals surface area contributed by atoms with Crippen LogP contribution in [0.5, 0.6) is 0 Å². The van der Waals surface area contributed by atoms with Crippen LogP contribution in [0, 0.1) is 0 Å². The van der Waals surface area contributed by atoms with Crippen molar-refractivity contribution < 1.29 is 18.8 Å². The molecule has 0 aliphatic carbocycles. The zero-order valence-corrected chi connectivity index (χ0v) is 15.4. The Morgan fingerprint density at radius 3 is 2.75 bits per heavy atom. The molecule has 1 aliphatic rings. The number of hydrogen-bond acceptors (Lipinski definition) is 6. The van der Waals surface area contributed by atoms with Crippen molar-refractivity contribution in [2.24, 2.45) is 0 Å². The number of carbonyl (C=O) groups excluding carboxylic acids is 1. The van der Waals surface area contributed by atoms with Crippen LogP contribution in [0.15, 0.2) is 10.6 Å². The second-order valence-corrected chi connectivity index (χ2v) is 8.29. The van der Waals surface area contributed by atoms with Gasteiger partial charge in [0, 0.05) is 37.1 Å². The lowest BCUT2D eigenvalue weighted by atomic mass is 9.94. The van der Waals surface area contributed by atoms with Gasteiger partial charge in [-0.05, 0) is 33.6 Å². The van der Waals surface area contributed by atoms with E-state index in [2.05, 4.69) is 5.16 Å². The predicted molar refractivity (Wildman–Crippen MR) is 92.4 cm³/mol. The minimum atomic E-state index is -0.457. The van der Waals surface area contributed by atoms with Crippen molar-refractivity contribution in [3.63, 3.8) is 0 Å². The van der Waals surface area contributed by atoms with Crippen LogP contribution < -0.4 is 0 Å². The molecule has 3 heterocycles. The van der Waals surface area contributed by atoms with Crippen LogP contribution in [-0.2, 0) is 16.1 Å². The van der Waals surface area contributed by atoms with Crippen LogP contribution in [0.2, 0.25) is 0 Å². The molecule has 1 aliphatic heterocycles. The first-order valence-corrected chi connectivity index (χ1v) is 9.04. The quantitative estimate of drug-likeness (QED) is 0.830. The van der Waals surface area contributed by atoms with Crippen molar-refractivity contribution in [3.8, 4) is 0 Å². The van der Waals surface area contributed by atoms with Gasteiger partial charge >= 0.3 is 6.09 Å². The zero-order chi connectivity index (χ0) is 17.3. The number of methoxy groups -OCH3 is 1. The molecule has 0 N–H and O–H groups in total. The fourth-order valence-electron chi connectivity index (χ4n) is 2.94. The van der Waals surface area contributed by atoms with Gasteiger partial charge in [-0.1, -0.05) is 5.16 Å². The summed E-state index contributed by atoms with van der Waals surface area (Å²) in [5.74, 6) is 0.319. The second kappa shape index (κ2) is 6.72. The molecule has 1 fully saturated rings. The van der Waals surface area contributed by atoms with Crippen LogP contribution in [0.25, 0.3) is 10.3 Å². The van der Waals surface area contributed by atoms with Crippen molar-refractivity contribution in [2.75, 3.05) is 20.2 Å². The highest BCUT2D eigenvalue weighted by Crippen LogP contribution is 2.37. The number of likely N-dealkylation sites (tertiary alicyclic amines) is 1. The number of ether oxygens (including phenoxy) is 2. The summed E-state index contributed by atoms with van der Waals surface area (Å²) in [4.78, 5) is 15.1. The van der Waals surface area contributed by atoms with E-state index in [1.54, 1.807) is 23.3 Å². The number of amides is 1. The lowest BCUT2D eigenvalue weighted by Gasteiger charge is -2.32. The first kappa shape index (κ1) is 17.2. The van der Waals surface area contributed by atoms with Crippen molar-refractivity contribution >= 4 is 27.7 Å². The van der Waals surface area contributed by atoms with Gasteiger partial charge in [-0.15, -0.1) is 11.3 Å². The van der Waals surface area contributed by atoms with Gasteiger partial charge < -0.3 is 18.9 Å². The standard InChI is InChI=1S/C17H24N2O4S/c1-17(2,3)22-16(20)19-7-5-11(6-8-19)14-15-13(23-18-14)9-12(24-15)10-21-4/h9,11H,5-8,10H2,1-4H3. The number of hydrogen-bond donors (Lipinski definition) is 0. The first-order valence-electron chi connectivity index (χ1n) is 8.22. The molecule has 0 bridgehead atoms. The van der Waals surface area contributed by atoms with E-state index in [1.165, 1.54) is 0 Å². The highest BCUT2D eigenvalue weighted by molar-refractivity contribution is 7.19. The Kier molecular flexibility index (Phi) is 4.83. The van der Waals surface area contributed by atoms with E-state index < -0.39 is 5.60 Å². The molecule has 3 rings (SSSR count). The number of fused-ring (bicyclic) bond motifs is 1. The van der Waals surface area contributed by atoms with E-state index >= 15 is 0 Å². The summed E-state index contributed by atoms with van der Waals surface area (Å²) in [5.41, 5.74) is 1.39. The Morgan fingerprint density at radius 1 is 1.42 bits per heavy atom. The van der Waals surface area contributed by atoms with Crippen molar-refractivity contribution in [2.45, 2.75) is 51.7 Å². The Labute approximate surface area is 145 Å². The SMILES string of the molecule is COCc1cc2onc(C3CCN(C(=O)OC(C)(C)C)CC3)c2s1. The maximum absolute atomic E-state index is 12.2. The molecule has 1 amide bonds. The molecular formula is C17H24N2O4S. The van der Waals surface area contributed by atoms with Gasteiger partial charge in [0.25, 0.3) is 0 Å². The van der Waals surface area contributed by atoms with Gasteiger partial charge in [0.05, 0.1) is 11.3 Å². The maximum atomic E-state index is 12.2. The molecule has 7 heteroatoms. The minimum Gasteiger partial charge on any atom is -0.444 e. The van der Waals surface area contributed by atoms with Gasteiger partial charge in [-0.25, -0.2) is 4.79 Å². The molecule has 2 aromatic heterocycles. The average Bonchev–Trinajstić information content (AvgIpc) is 3.06. The van der Waals surface area contributed by atoms with Crippen LogP contribution in [0.4, 0.5) is 4.79 Å². The Morgan fingerprint density at radius 2 is 2.12 bits per heavy atom. The Bertz CT molecular complexity index is 708. The number of carbonyl (C=O) groups is 1. The fourth-order valence-corrected chi connectivity index (χ4v) is 4.05. The lowest BCUT2D eigenvalue weighted by Crippen LogP contribution is -2.41. The van der Waals surface area contributed by atoms with Crippen molar-refractivity contribution in [3.05, 3.63) is 16.6 Å². The van der Waals surface area contributed by atoms with E-state index in [9.17, 15) is 4.79 Å². The van der Waals surface area contributed by atoms with E-state index in [1.807, 2.05) is 26.8 Å². The highest BCUT2D eigenvalue weighted by atomic mass is 32.1. The normalized spacial score (nSPS) is 16.8. The number of nitrogens with zero attached hydrogens (tertiary/aromatic N) is 2. The summed E-state index contributed by atoms with van der Waals surface area (Å²) >= 11 is 1.68. The molecule has 132 valence electrons. The topological polar surface area (TPSA) is 64.8 Å². The molecule has 1 saturated heterocycles. The summed E-state index contributed by atoms with van der Waals surface area (Å²) in [6.45, 7) is 7.62. The number of piperidine rings is 1. The highest BCUT2D eigenvalue weighted by Gasteiger charge is 2.30. The number of rotatable bonds is 3. The Hall–Kier alpha value is -1.60. The average molecular weight is 352 g/mol. The summed E-state index contributed by atoms with van der Waals surface area (Å²) in [5, 5.41) is 4.27. The van der Waals surface area contributed by atoms with Gasteiger partial charge in [-0.2, -0.15) is 0 Å². The number of thiophene rings is 1. The predicted octanol–water partition coefficient (Wildman–Crippen LogP) is 4.15. The molecule has 0 aromatic carbocycles. The largest absolute Gasteiger partial charge is 0.444 e. The molecule has 24 heavy (non-hydrogen) atoms. The smallest absolute Gasteiger partial charge is 0.410 e. The van der Waals surface area contributed by atoms with Crippen molar-refractivity contribution in [1.29, 1.82) is 0 Å². The van der Waals surface area contributed by atoms with Crippen LogP contribution >= 0.6 is 11.3 Å². The molecular weight excluding hydrogens is 328 g/mol. The number of aromatic nitrogens is 1. The minimum absolute atomic E-state index is 0.232. The first-order chi connectivity index (χ1) is 11.4. The summed E-state index contributed by atoms with van der Waals surface area (Å²) in [6, 6.07) is 2.00. The van der Waals surface area contributed by atoms with Gasteiger partial charge in [0.15, 0.2) is 5.58 Å². The van der Waals surface area contributed by atoms with Gasteiger partial charge in [0.2, 0.25) is 0 Å². The zero-order valence-electron chi connectivity index (χ0n) is 14.6. The molecule has 6 nitrogen and oxygen atoms in total. The van der Waals surface area contributed by atoms with Crippen LogP contribution in [-0.4, -0.2) is 42.0 Å². The molecule has 0 spiro atoms. The van der Waals surface area contributed by atoms with E-state index in [4.69, 9.17) is 14.0 Å². The van der Waals surface area contributed by atoms with E-state index in [0.29, 0.717) is 25.6 Å². The van der Waals surface area contributed by atoms with Crippen LogP contribution in [0.1, 0.15) is 50.1 Å². The fraction of sp³-hybridized carbons (Fsp3) is 0.647. The third-order valence-electron chi connectivity index (χ3n) is 4.04. The van der Waals surface area contributed by atoms with E-state index in [0.717, 1.165) is 33.7 Å². The Balaban J connectivity index is 1.65. The van der Waals surface area contributed by atoms with Gasteiger partial charge in [-0.3, -0.25) is 0 Å². The monoisotopic (exact) mass is 352 g/mol. The molecule has 0 atom stereocenters. The molecule has 0 radical (unpaired) electrons. The maximum Gasteiger partial charge on any atom is 0.410 e. The van der Waals surface area contributed by atoms with Crippen molar-refractivity contribution in [1.82, 2.24) is 10.1 Å². The summed E-state index contributed by atoms with van der Waals surface area (Å²) in [7, 11) is 1.69.